The Morgan fingerprint density at radius 1 is 1.22 bits per heavy atom. The lowest BCUT2D eigenvalue weighted by Crippen LogP contribution is -2.41. The quantitative estimate of drug-likeness (QED) is 0.324. The van der Waals surface area contributed by atoms with Crippen molar-refractivity contribution in [3.8, 4) is 5.75 Å². The zero-order chi connectivity index (χ0) is 13.7. The Labute approximate surface area is 103 Å². The van der Waals surface area contributed by atoms with Gasteiger partial charge in [-0.1, -0.05) is 12.1 Å². The molecule has 1 aromatic rings. The van der Waals surface area contributed by atoms with Crippen LogP contribution in [0.1, 0.15) is 10.4 Å². The molecular weight excluding hydrogens is 244 g/mol. The molecule has 0 heterocycles. The molecule has 7 heteroatoms. The Balaban J connectivity index is 2.68. The molecule has 3 atom stereocenters. The van der Waals surface area contributed by atoms with Gasteiger partial charge in [-0.25, -0.2) is 4.79 Å². The molecule has 0 fully saturated rings. The van der Waals surface area contributed by atoms with Crippen LogP contribution >= 0.6 is 0 Å². The molecule has 0 saturated heterocycles. The topological polar surface area (TPSA) is 127 Å². The third kappa shape index (κ3) is 3.41. The molecule has 5 N–H and O–H groups in total. The van der Waals surface area contributed by atoms with E-state index in [1.54, 1.807) is 0 Å². The molecule has 1 unspecified atom stereocenters. The maximum atomic E-state index is 11.5. The van der Waals surface area contributed by atoms with Gasteiger partial charge >= 0.3 is 5.97 Å². The summed E-state index contributed by atoms with van der Waals surface area (Å²) in [6.07, 6.45) is -5.50. The van der Waals surface area contributed by atoms with Crippen LogP contribution in [0.2, 0.25) is 0 Å². The molecule has 1 aromatic carbocycles. The van der Waals surface area contributed by atoms with Crippen molar-refractivity contribution in [3.63, 3.8) is 0 Å². The number of para-hydroxylation sites is 1. The van der Waals surface area contributed by atoms with Crippen LogP contribution in [0.4, 0.5) is 0 Å². The number of ether oxygens (including phenoxy) is 1. The highest BCUT2D eigenvalue weighted by Crippen LogP contribution is 2.17. The van der Waals surface area contributed by atoms with E-state index in [4.69, 9.17) is 10.2 Å². The highest BCUT2D eigenvalue weighted by atomic mass is 16.6. The van der Waals surface area contributed by atoms with Gasteiger partial charge in [0.1, 0.15) is 23.5 Å². The Hall–Kier alpha value is -1.67. The van der Waals surface area contributed by atoms with Crippen molar-refractivity contribution in [1.82, 2.24) is 0 Å². The number of phenolic OH excluding ortho intramolecular Hbond substituents is 1. The minimum atomic E-state index is -2.01. The van der Waals surface area contributed by atoms with Crippen molar-refractivity contribution < 1.29 is 35.1 Å². The van der Waals surface area contributed by atoms with Gasteiger partial charge in [0.2, 0.25) is 6.29 Å². The zero-order valence-corrected chi connectivity index (χ0v) is 9.30. The van der Waals surface area contributed by atoms with E-state index in [-0.39, 0.29) is 11.3 Å². The first kappa shape index (κ1) is 14.4. The number of esters is 1. The van der Waals surface area contributed by atoms with Gasteiger partial charge in [0, 0.05) is 0 Å². The van der Waals surface area contributed by atoms with Gasteiger partial charge in [0.25, 0.3) is 0 Å². The minimum Gasteiger partial charge on any atom is -0.507 e. The number of carbonyl (C=O) groups excluding carboxylic acids is 1. The minimum absolute atomic E-state index is 0.192. The molecule has 0 aliphatic heterocycles. The number of aliphatic hydroxyl groups is 4. The summed E-state index contributed by atoms with van der Waals surface area (Å²) < 4.78 is 4.44. The van der Waals surface area contributed by atoms with Crippen LogP contribution in [0.25, 0.3) is 0 Å². The largest absolute Gasteiger partial charge is 0.507 e. The second-order valence-electron chi connectivity index (χ2n) is 3.55. The van der Waals surface area contributed by atoms with E-state index in [0.717, 1.165) is 0 Å². The smallest absolute Gasteiger partial charge is 0.344 e. The normalized spacial score (nSPS) is 15.8. The molecule has 0 spiro atoms. The van der Waals surface area contributed by atoms with Gasteiger partial charge < -0.3 is 30.3 Å². The number of hydrogen-bond acceptors (Lipinski definition) is 7. The summed E-state index contributed by atoms with van der Waals surface area (Å²) in [6, 6.07) is 5.48. The van der Waals surface area contributed by atoms with Gasteiger partial charge in [-0.15, -0.1) is 0 Å². The zero-order valence-electron chi connectivity index (χ0n) is 9.30. The molecule has 100 valence electrons. The maximum Gasteiger partial charge on any atom is 0.344 e. The maximum absolute atomic E-state index is 11.5. The second-order valence-corrected chi connectivity index (χ2v) is 3.55. The van der Waals surface area contributed by atoms with Gasteiger partial charge in [0.15, 0.2) is 0 Å². The first-order valence-electron chi connectivity index (χ1n) is 5.11. The van der Waals surface area contributed by atoms with Gasteiger partial charge in [-0.2, -0.15) is 0 Å². The number of phenols is 1. The Bertz CT molecular complexity index is 406. The Kier molecular flexibility index (Phi) is 5.05. The van der Waals surface area contributed by atoms with Crippen LogP contribution in [-0.2, 0) is 4.74 Å². The van der Waals surface area contributed by atoms with Crippen LogP contribution in [0.5, 0.6) is 5.75 Å². The fraction of sp³-hybridized carbons (Fsp3) is 0.364. The van der Waals surface area contributed by atoms with E-state index in [1.165, 1.54) is 24.3 Å². The van der Waals surface area contributed by atoms with E-state index >= 15 is 0 Å². The fourth-order valence-electron chi connectivity index (χ4n) is 1.19. The predicted octanol–water partition coefficient (Wildman–Crippen LogP) is -1.42. The predicted molar refractivity (Wildman–Crippen MR) is 58.6 cm³/mol. The lowest BCUT2D eigenvalue weighted by molar-refractivity contribution is -0.167. The SMILES string of the molecule is O=C(OC(O)[C@@H](O)[C@@H](O)CO)c1ccccc1O. The number of carbonyl (C=O) groups is 1. The van der Waals surface area contributed by atoms with Crippen molar-refractivity contribution >= 4 is 5.97 Å². The summed E-state index contributed by atoms with van der Waals surface area (Å²) in [5, 5.41) is 45.5. The molecule has 1 rings (SSSR count). The lowest BCUT2D eigenvalue weighted by atomic mass is 10.2. The molecule has 0 aromatic heterocycles. The average Bonchev–Trinajstić information content (AvgIpc) is 2.37. The van der Waals surface area contributed by atoms with E-state index in [0.29, 0.717) is 0 Å². The Morgan fingerprint density at radius 3 is 2.39 bits per heavy atom. The summed E-state index contributed by atoms with van der Waals surface area (Å²) in [4.78, 5) is 11.5. The van der Waals surface area contributed by atoms with Crippen molar-refractivity contribution in [2.45, 2.75) is 18.5 Å². The molecule has 0 saturated carbocycles. The van der Waals surface area contributed by atoms with Gasteiger partial charge in [-0.05, 0) is 12.1 Å². The molecule has 0 radical (unpaired) electrons. The highest BCUT2D eigenvalue weighted by molar-refractivity contribution is 5.92. The average molecular weight is 258 g/mol. The number of rotatable bonds is 5. The van der Waals surface area contributed by atoms with Gasteiger partial charge in [0.05, 0.1) is 6.61 Å². The highest BCUT2D eigenvalue weighted by Gasteiger charge is 2.28. The van der Waals surface area contributed by atoms with Crippen molar-refractivity contribution in [2.24, 2.45) is 0 Å². The van der Waals surface area contributed by atoms with Crippen molar-refractivity contribution in [1.29, 1.82) is 0 Å². The monoisotopic (exact) mass is 258 g/mol. The Morgan fingerprint density at radius 2 is 1.83 bits per heavy atom. The number of aromatic hydroxyl groups is 1. The van der Waals surface area contributed by atoms with Crippen molar-refractivity contribution in [2.75, 3.05) is 6.61 Å². The first-order valence-corrected chi connectivity index (χ1v) is 5.11. The van der Waals surface area contributed by atoms with Crippen LogP contribution < -0.4 is 0 Å². The summed E-state index contributed by atoms with van der Waals surface area (Å²) in [5.41, 5.74) is -0.192. The third-order valence-corrected chi connectivity index (χ3v) is 2.23. The first-order chi connectivity index (χ1) is 8.47. The van der Waals surface area contributed by atoms with Crippen LogP contribution in [0.3, 0.4) is 0 Å². The molecule has 7 nitrogen and oxygen atoms in total. The van der Waals surface area contributed by atoms with Crippen molar-refractivity contribution in [3.05, 3.63) is 29.8 Å². The number of benzene rings is 1. The van der Waals surface area contributed by atoms with Crippen LogP contribution in [-0.4, -0.2) is 56.6 Å². The summed E-state index contributed by atoms with van der Waals surface area (Å²) >= 11 is 0. The molecule has 0 aliphatic carbocycles. The number of hydrogen-bond donors (Lipinski definition) is 5. The van der Waals surface area contributed by atoms with Crippen LogP contribution in [0, 0.1) is 0 Å². The molecular formula is C11H14O7. The molecule has 18 heavy (non-hydrogen) atoms. The third-order valence-electron chi connectivity index (χ3n) is 2.23. The second kappa shape index (κ2) is 6.31. The molecule has 0 amide bonds. The summed E-state index contributed by atoms with van der Waals surface area (Å²) in [5.74, 6) is -1.41. The van der Waals surface area contributed by atoms with Crippen LogP contribution in [0.15, 0.2) is 24.3 Å². The summed E-state index contributed by atoms with van der Waals surface area (Å²) in [6.45, 7) is -0.799. The van der Waals surface area contributed by atoms with E-state index < -0.39 is 31.1 Å². The van der Waals surface area contributed by atoms with E-state index in [1.807, 2.05) is 0 Å². The number of aliphatic hydroxyl groups excluding tert-OH is 4. The van der Waals surface area contributed by atoms with E-state index in [9.17, 15) is 20.1 Å². The fourth-order valence-corrected chi connectivity index (χ4v) is 1.19. The van der Waals surface area contributed by atoms with E-state index in [2.05, 4.69) is 4.74 Å². The molecule has 0 bridgehead atoms. The standard InChI is InChI=1S/C11H14O7/c12-5-8(14)9(15)11(17)18-10(16)6-3-1-2-4-7(6)13/h1-4,8-9,11-15,17H,5H2/t8-,9-,11?/m0/s1. The lowest BCUT2D eigenvalue weighted by Gasteiger charge is -2.21. The summed E-state index contributed by atoms with van der Waals surface area (Å²) in [7, 11) is 0. The molecule has 0 aliphatic rings. The van der Waals surface area contributed by atoms with Gasteiger partial charge in [-0.3, -0.25) is 0 Å².